The Morgan fingerprint density at radius 2 is 2.19 bits per heavy atom. The van der Waals surface area contributed by atoms with Gasteiger partial charge in [0.1, 0.15) is 12.0 Å². The summed E-state index contributed by atoms with van der Waals surface area (Å²) in [7, 11) is 0. The first-order chi connectivity index (χ1) is 7.68. The van der Waals surface area contributed by atoms with Crippen molar-refractivity contribution in [3.63, 3.8) is 0 Å². The maximum absolute atomic E-state index is 10.8. The summed E-state index contributed by atoms with van der Waals surface area (Å²) in [6.45, 7) is 0. The third-order valence-electron chi connectivity index (χ3n) is 1.76. The number of carboxylic acids is 1. The molecule has 0 aromatic carbocycles. The van der Waals surface area contributed by atoms with Gasteiger partial charge in [-0.3, -0.25) is 0 Å². The summed E-state index contributed by atoms with van der Waals surface area (Å²) in [4.78, 5) is 26.1. The minimum absolute atomic E-state index is 0.00898. The molecule has 7 heteroatoms. The fraction of sp³-hybridized carbons (Fsp3) is 0. The van der Waals surface area contributed by atoms with Gasteiger partial charge in [0.25, 0.3) is 0 Å². The van der Waals surface area contributed by atoms with Crippen LogP contribution in [0.15, 0.2) is 24.8 Å². The molecular formula is C9H5ClN4O2. The van der Waals surface area contributed by atoms with Crippen molar-refractivity contribution < 1.29 is 9.90 Å². The zero-order valence-corrected chi connectivity index (χ0v) is 8.59. The summed E-state index contributed by atoms with van der Waals surface area (Å²) in [5.74, 6) is -1.01. The van der Waals surface area contributed by atoms with Crippen molar-refractivity contribution in [3.8, 4) is 11.5 Å². The van der Waals surface area contributed by atoms with E-state index < -0.39 is 5.97 Å². The van der Waals surface area contributed by atoms with Crippen LogP contribution in [0.2, 0.25) is 5.02 Å². The van der Waals surface area contributed by atoms with E-state index in [-0.39, 0.29) is 16.5 Å². The molecule has 0 fully saturated rings. The number of hydrogen-bond acceptors (Lipinski definition) is 5. The van der Waals surface area contributed by atoms with Gasteiger partial charge in [0.15, 0.2) is 11.5 Å². The molecule has 0 saturated heterocycles. The predicted octanol–water partition coefficient (Wildman–Crippen LogP) is 1.29. The van der Waals surface area contributed by atoms with E-state index in [0.29, 0.717) is 5.69 Å². The van der Waals surface area contributed by atoms with Gasteiger partial charge < -0.3 is 5.11 Å². The summed E-state index contributed by atoms with van der Waals surface area (Å²) >= 11 is 5.64. The summed E-state index contributed by atoms with van der Waals surface area (Å²) in [5, 5.41) is 8.82. The molecule has 0 saturated carbocycles. The maximum atomic E-state index is 10.8. The van der Waals surface area contributed by atoms with Crippen LogP contribution in [0.25, 0.3) is 11.5 Å². The molecule has 2 aromatic heterocycles. The van der Waals surface area contributed by atoms with E-state index in [2.05, 4.69) is 19.9 Å². The Bertz CT molecular complexity index is 532. The van der Waals surface area contributed by atoms with E-state index in [9.17, 15) is 4.79 Å². The molecule has 0 aliphatic carbocycles. The molecule has 0 spiro atoms. The molecule has 0 bridgehead atoms. The normalized spacial score (nSPS) is 10.1. The van der Waals surface area contributed by atoms with Gasteiger partial charge in [0.2, 0.25) is 0 Å². The number of aromatic nitrogens is 4. The highest BCUT2D eigenvalue weighted by atomic mass is 35.5. The Labute approximate surface area is 95.0 Å². The van der Waals surface area contributed by atoms with Crippen LogP contribution in [0.5, 0.6) is 0 Å². The van der Waals surface area contributed by atoms with Gasteiger partial charge in [-0.1, -0.05) is 11.6 Å². The molecule has 0 aliphatic rings. The number of rotatable bonds is 2. The zero-order valence-electron chi connectivity index (χ0n) is 7.83. The van der Waals surface area contributed by atoms with E-state index in [1.807, 2.05) is 0 Å². The van der Waals surface area contributed by atoms with Crippen molar-refractivity contribution in [1.29, 1.82) is 0 Å². The van der Waals surface area contributed by atoms with E-state index in [4.69, 9.17) is 16.7 Å². The lowest BCUT2D eigenvalue weighted by Crippen LogP contribution is -2.04. The average molecular weight is 237 g/mol. The molecule has 16 heavy (non-hydrogen) atoms. The lowest BCUT2D eigenvalue weighted by atomic mass is 10.3. The molecule has 0 radical (unpaired) electrons. The first-order valence-electron chi connectivity index (χ1n) is 4.20. The second kappa shape index (κ2) is 4.19. The lowest BCUT2D eigenvalue weighted by Gasteiger charge is -2.01. The number of nitrogens with zero attached hydrogens (tertiary/aromatic N) is 4. The number of hydrogen-bond donors (Lipinski definition) is 1. The first kappa shape index (κ1) is 10.4. The Morgan fingerprint density at radius 1 is 1.38 bits per heavy atom. The average Bonchev–Trinajstić information content (AvgIpc) is 2.30. The number of carboxylic acid groups (broad SMARTS) is 1. The highest BCUT2D eigenvalue weighted by Gasteiger charge is 2.13. The Kier molecular flexibility index (Phi) is 2.74. The van der Waals surface area contributed by atoms with Gasteiger partial charge in [0.05, 0.1) is 11.2 Å². The summed E-state index contributed by atoms with van der Waals surface area (Å²) in [6, 6.07) is 1.58. The lowest BCUT2D eigenvalue weighted by molar-refractivity contribution is 0.0690. The Balaban J connectivity index is 2.52. The fourth-order valence-electron chi connectivity index (χ4n) is 1.06. The maximum Gasteiger partial charge on any atom is 0.356 e. The zero-order chi connectivity index (χ0) is 11.5. The van der Waals surface area contributed by atoms with Crippen LogP contribution in [0.3, 0.4) is 0 Å². The standard InChI is InChI=1S/C9H5ClN4O2/c10-5-3-12-8(14-7(5)9(15)16)6-1-2-11-4-13-6/h1-4H,(H,15,16). The predicted molar refractivity (Wildman–Crippen MR) is 55.0 cm³/mol. The highest BCUT2D eigenvalue weighted by Crippen LogP contribution is 2.16. The number of halogens is 1. The monoisotopic (exact) mass is 236 g/mol. The number of carbonyl (C=O) groups is 1. The van der Waals surface area contributed by atoms with Crippen molar-refractivity contribution in [2.24, 2.45) is 0 Å². The van der Waals surface area contributed by atoms with E-state index in [1.165, 1.54) is 18.7 Å². The highest BCUT2D eigenvalue weighted by molar-refractivity contribution is 6.33. The SMILES string of the molecule is O=C(O)c1nc(-c2ccncn2)ncc1Cl. The van der Waals surface area contributed by atoms with Crippen LogP contribution >= 0.6 is 11.6 Å². The molecular weight excluding hydrogens is 232 g/mol. The van der Waals surface area contributed by atoms with Crippen molar-refractivity contribution in [2.45, 2.75) is 0 Å². The minimum Gasteiger partial charge on any atom is -0.476 e. The van der Waals surface area contributed by atoms with E-state index >= 15 is 0 Å². The van der Waals surface area contributed by atoms with Crippen LogP contribution in [-0.4, -0.2) is 31.0 Å². The summed E-state index contributed by atoms with van der Waals surface area (Å²) < 4.78 is 0. The van der Waals surface area contributed by atoms with E-state index in [1.54, 1.807) is 6.07 Å². The van der Waals surface area contributed by atoms with Crippen molar-refractivity contribution in [2.75, 3.05) is 0 Å². The van der Waals surface area contributed by atoms with Crippen LogP contribution in [0.1, 0.15) is 10.5 Å². The fourth-order valence-corrected chi connectivity index (χ4v) is 1.24. The van der Waals surface area contributed by atoms with Gasteiger partial charge >= 0.3 is 5.97 Å². The van der Waals surface area contributed by atoms with Crippen molar-refractivity contribution in [3.05, 3.63) is 35.5 Å². The number of aromatic carboxylic acids is 1. The summed E-state index contributed by atoms with van der Waals surface area (Å²) in [6.07, 6.45) is 4.07. The molecule has 1 N–H and O–H groups in total. The third kappa shape index (κ3) is 1.96. The molecule has 2 aromatic rings. The minimum atomic E-state index is -1.21. The Hall–Kier alpha value is -2.08. The molecule has 2 heterocycles. The molecule has 0 aliphatic heterocycles. The van der Waals surface area contributed by atoms with Crippen LogP contribution < -0.4 is 0 Å². The van der Waals surface area contributed by atoms with Gasteiger partial charge in [-0.2, -0.15) is 0 Å². The molecule has 2 rings (SSSR count). The van der Waals surface area contributed by atoms with Crippen LogP contribution in [0, 0.1) is 0 Å². The van der Waals surface area contributed by atoms with Gasteiger partial charge in [-0.15, -0.1) is 0 Å². The van der Waals surface area contributed by atoms with Gasteiger partial charge in [0, 0.05) is 6.20 Å². The molecule has 6 nitrogen and oxygen atoms in total. The summed E-state index contributed by atoms with van der Waals surface area (Å²) in [5.41, 5.74) is 0.194. The topological polar surface area (TPSA) is 88.9 Å². The molecule has 0 unspecified atom stereocenters. The second-order valence-electron chi connectivity index (χ2n) is 2.79. The molecule has 0 amide bonds. The molecule has 80 valence electrons. The smallest absolute Gasteiger partial charge is 0.356 e. The first-order valence-corrected chi connectivity index (χ1v) is 4.58. The van der Waals surface area contributed by atoms with Gasteiger partial charge in [-0.25, -0.2) is 24.7 Å². The van der Waals surface area contributed by atoms with Crippen molar-refractivity contribution in [1.82, 2.24) is 19.9 Å². The Morgan fingerprint density at radius 3 is 2.81 bits per heavy atom. The van der Waals surface area contributed by atoms with E-state index in [0.717, 1.165) is 0 Å². The largest absolute Gasteiger partial charge is 0.476 e. The third-order valence-corrected chi connectivity index (χ3v) is 2.03. The van der Waals surface area contributed by atoms with Gasteiger partial charge in [-0.05, 0) is 6.07 Å². The van der Waals surface area contributed by atoms with Crippen LogP contribution in [0.4, 0.5) is 0 Å². The quantitative estimate of drug-likeness (QED) is 0.845. The van der Waals surface area contributed by atoms with Crippen LogP contribution in [-0.2, 0) is 0 Å². The van der Waals surface area contributed by atoms with Crippen molar-refractivity contribution >= 4 is 17.6 Å². The second-order valence-corrected chi connectivity index (χ2v) is 3.20. The molecule has 0 atom stereocenters.